The quantitative estimate of drug-likeness (QED) is 0.682. The van der Waals surface area contributed by atoms with Gasteiger partial charge in [0.15, 0.2) is 0 Å². The Labute approximate surface area is 141 Å². The largest absolute Gasteiger partial charge is 1.00 e. The van der Waals surface area contributed by atoms with Gasteiger partial charge in [-0.15, -0.1) is 0 Å². The summed E-state index contributed by atoms with van der Waals surface area (Å²) in [6.45, 7) is 4.75. The lowest BCUT2D eigenvalue weighted by atomic mass is 9.49. The highest BCUT2D eigenvalue weighted by Gasteiger charge is 2.55. The Morgan fingerprint density at radius 2 is 1.48 bits per heavy atom. The predicted molar refractivity (Wildman–Crippen MR) is 83.4 cm³/mol. The van der Waals surface area contributed by atoms with Gasteiger partial charge in [-0.2, -0.15) is 0 Å². The minimum absolute atomic E-state index is 0. The molecule has 0 radical (unpaired) electrons. The molecule has 21 heavy (non-hydrogen) atoms. The standard InChI is InChI=1S/C18H34NO.BrH/c1-4-7-19(2,3)8-5-6-18(20)16-10-14-9-15(12-16)13-17(18)11-14;/h14-17,20H,4-13H2,1-3H3;1H/q+1;/p-1. The SMILES string of the molecule is CCC[N+](C)(C)CCCC1(O)C2CC3CC(C2)CC1C3.[Br-]. The van der Waals surface area contributed by atoms with E-state index in [9.17, 15) is 5.11 Å². The van der Waals surface area contributed by atoms with Crippen LogP contribution in [0, 0.1) is 23.7 Å². The summed E-state index contributed by atoms with van der Waals surface area (Å²) in [5.41, 5.74) is -0.292. The molecule has 0 aromatic heterocycles. The van der Waals surface area contributed by atoms with Crippen LogP contribution in [0.25, 0.3) is 0 Å². The summed E-state index contributed by atoms with van der Waals surface area (Å²) in [4.78, 5) is 0. The lowest BCUT2D eigenvalue weighted by Gasteiger charge is -2.59. The van der Waals surface area contributed by atoms with Gasteiger partial charge < -0.3 is 26.6 Å². The number of halogens is 1. The first-order valence-electron chi connectivity index (χ1n) is 8.97. The van der Waals surface area contributed by atoms with E-state index in [0.717, 1.165) is 22.7 Å². The molecular formula is C18H34BrNO. The Balaban J connectivity index is 0.00000161. The van der Waals surface area contributed by atoms with Crippen molar-refractivity contribution in [1.82, 2.24) is 0 Å². The van der Waals surface area contributed by atoms with E-state index in [1.807, 2.05) is 0 Å². The molecule has 4 fully saturated rings. The van der Waals surface area contributed by atoms with Gasteiger partial charge in [-0.1, -0.05) is 6.92 Å². The highest BCUT2D eigenvalue weighted by atomic mass is 79.9. The fourth-order valence-electron chi connectivity index (χ4n) is 5.92. The Morgan fingerprint density at radius 3 is 1.95 bits per heavy atom. The van der Waals surface area contributed by atoms with Crippen molar-refractivity contribution in [2.45, 2.75) is 63.9 Å². The highest BCUT2D eigenvalue weighted by molar-refractivity contribution is 5.06. The lowest BCUT2D eigenvalue weighted by Crippen LogP contribution is -3.00. The average Bonchev–Trinajstić information content (AvgIpc) is 2.35. The Morgan fingerprint density at radius 1 is 0.952 bits per heavy atom. The molecular weight excluding hydrogens is 326 g/mol. The number of hydrogen-bond donors (Lipinski definition) is 1. The molecule has 4 rings (SSSR count). The zero-order valence-electron chi connectivity index (χ0n) is 14.2. The van der Waals surface area contributed by atoms with E-state index in [1.54, 1.807) is 0 Å². The van der Waals surface area contributed by atoms with Gasteiger partial charge in [0.25, 0.3) is 0 Å². The van der Waals surface area contributed by atoms with E-state index in [2.05, 4.69) is 21.0 Å². The molecule has 3 heteroatoms. The van der Waals surface area contributed by atoms with Crippen LogP contribution in [0.1, 0.15) is 58.3 Å². The van der Waals surface area contributed by atoms with Crippen molar-refractivity contribution in [1.29, 1.82) is 0 Å². The number of nitrogens with zero attached hydrogens (tertiary/aromatic N) is 1. The van der Waals surface area contributed by atoms with Crippen LogP contribution in [0.2, 0.25) is 0 Å². The second-order valence-corrected chi connectivity index (χ2v) is 8.78. The average molecular weight is 360 g/mol. The molecule has 2 nitrogen and oxygen atoms in total. The second kappa shape index (κ2) is 6.49. The molecule has 0 spiro atoms. The third-order valence-electron chi connectivity index (χ3n) is 6.72. The zero-order chi connectivity index (χ0) is 14.4. The van der Waals surface area contributed by atoms with Crippen LogP contribution in [0.5, 0.6) is 0 Å². The molecule has 4 bridgehead atoms. The Bertz CT molecular complexity index is 327. The van der Waals surface area contributed by atoms with Crippen molar-refractivity contribution in [3.63, 3.8) is 0 Å². The number of hydrogen-bond acceptors (Lipinski definition) is 1. The number of aliphatic hydroxyl groups is 1. The van der Waals surface area contributed by atoms with Gasteiger partial charge in [-0.3, -0.25) is 0 Å². The van der Waals surface area contributed by atoms with Crippen molar-refractivity contribution in [2.75, 3.05) is 27.2 Å². The molecule has 0 unspecified atom stereocenters. The molecule has 0 aromatic carbocycles. The molecule has 0 heterocycles. The van der Waals surface area contributed by atoms with Crippen molar-refractivity contribution in [3.05, 3.63) is 0 Å². The first kappa shape index (κ1) is 17.7. The van der Waals surface area contributed by atoms with Crippen LogP contribution in [-0.2, 0) is 0 Å². The zero-order valence-corrected chi connectivity index (χ0v) is 15.7. The maximum Gasteiger partial charge on any atom is 0.0783 e. The van der Waals surface area contributed by atoms with Crippen LogP contribution < -0.4 is 17.0 Å². The molecule has 0 atom stereocenters. The van der Waals surface area contributed by atoms with Crippen LogP contribution in [0.4, 0.5) is 0 Å². The second-order valence-electron chi connectivity index (χ2n) is 8.78. The highest BCUT2D eigenvalue weighted by Crippen LogP contribution is 2.59. The first-order chi connectivity index (χ1) is 9.43. The molecule has 0 aliphatic heterocycles. The van der Waals surface area contributed by atoms with Gasteiger partial charge >= 0.3 is 0 Å². The van der Waals surface area contributed by atoms with E-state index >= 15 is 0 Å². The van der Waals surface area contributed by atoms with E-state index in [0.29, 0.717) is 11.8 Å². The normalized spacial score (nSPS) is 41.1. The fourth-order valence-corrected chi connectivity index (χ4v) is 5.92. The maximum absolute atomic E-state index is 11.3. The summed E-state index contributed by atoms with van der Waals surface area (Å²) in [5, 5.41) is 11.3. The van der Waals surface area contributed by atoms with Gasteiger partial charge in [-0.05, 0) is 75.0 Å². The minimum atomic E-state index is -0.292. The summed E-state index contributed by atoms with van der Waals surface area (Å²) < 4.78 is 1.12. The molecule has 1 N–H and O–H groups in total. The van der Waals surface area contributed by atoms with Gasteiger partial charge in [0.2, 0.25) is 0 Å². The van der Waals surface area contributed by atoms with Crippen molar-refractivity contribution in [2.24, 2.45) is 23.7 Å². The first-order valence-corrected chi connectivity index (χ1v) is 8.97. The van der Waals surface area contributed by atoms with E-state index < -0.39 is 0 Å². The summed E-state index contributed by atoms with van der Waals surface area (Å²) >= 11 is 0. The molecule has 4 aliphatic carbocycles. The smallest absolute Gasteiger partial charge is 0.0783 e. The Hall–Kier alpha value is 0.400. The van der Waals surface area contributed by atoms with Gasteiger partial charge in [0.05, 0.1) is 32.8 Å². The summed E-state index contributed by atoms with van der Waals surface area (Å²) in [5.74, 6) is 3.20. The predicted octanol–water partition coefficient (Wildman–Crippen LogP) is 0.444. The summed E-state index contributed by atoms with van der Waals surface area (Å²) in [6.07, 6.45) is 10.3. The molecule has 0 saturated heterocycles. The van der Waals surface area contributed by atoms with Crippen molar-refractivity contribution >= 4 is 0 Å². The van der Waals surface area contributed by atoms with E-state index in [-0.39, 0.29) is 22.6 Å². The minimum Gasteiger partial charge on any atom is -1.00 e. The molecule has 124 valence electrons. The summed E-state index contributed by atoms with van der Waals surface area (Å²) in [7, 11) is 4.68. The van der Waals surface area contributed by atoms with Crippen LogP contribution in [0.15, 0.2) is 0 Å². The van der Waals surface area contributed by atoms with Crippen molar-refractivity contribution < 1.29 is 26.6 Å². The fraction of sp³-hybridized carbons (Fsp3) is 1.00. The van der Waals surface area contributed by atoms with E-state index in [1.165, 1.54) is 58.0 Å². The third kappa shape index (κ3) is 3.50. The van der Waals surface area contributed by atoms with Gasteiger partial charge in [0, 0.05) is 0 Å². The maximum atomic E-state index is 11.3. The Kier molecular flexibility index (Phi) is 5.48. The number of quaternary nitrogens is 1. The van der Waals surface area contributed by atoms with Crippen LogP contribution >= 0.6 is 0 Å². The lowest BCUT2D eigenvalue weighted by molar-refractivity contribution is -0.890. The topological polar surface area (TPSA) is 20.2 Å². The molecule has 4 aliphatic rings. The molecule has 0 aromatic rings. The third-order valence-corrected chi connectivity index (χ3v) is 6.72. The summed E-state index contributed by atoms with van der Waals surface area (Å²) in [6, 6.07) is 0. The van der Waals surface area contributed by atoms with Crippen LogP contribution in [0.3, 0.4) is 0 Å². The van der Waals surface area contributed by atoms with E-state index in [4.69, 9.17) is 0 Å². The molecule has 0 amide bonds. The number of rotatable bonds is 6. The van der Waals surface area contributed by atoms with Crippen LogP contribution in [-0.4, -0.2) is 42.4 Å². The van der Waals surface area contributed by atoms with Gasteiger partial charge in [-0.25, -0.2) is 0 Å². The molecule has 4 saturated carbocycles. The monoisotopic (exact) mass is 359 g/mol. The van der Waals surface area contributed by atoms with Crippen molar-refractivity contribution in [3.8, 4) is 0 Å². The van der Waals surface area contributed by atoms with Gasteiger partial charge in [0.1, 0.15) is 0 Å².